The van der Waals surface area contributed by atoms with E-state index < -0.39 is 15.7 Å². The Morgan fingerprint density at radius 2 is 1.71 bits per heavy atom. The molecule has 0 aliphatic carbocycles. The first-order valence-corrected chi connectivity index (χ1v) is 6.61. The van der Waals surface area contributed by atoms with Crippen LogP contribution in [0.15, 0.2) is 0 Å². The number of nitrogens with zero attached hydrogens (tertiary/aromatic N) is 1. The predicted octanol–water partition coefficient (Wildman–Crippen LogP) is 1.18. The third-order valence-electron chi connectivity index (χ3n) is 1.78. The molecule has 0 aliphatic heterocycles. The third-order valence-corrected chi connectivity index (χ3v) is 4.46. The maximum Gasteiger partial charge on any atom is 0.279 e. The second kappa shape index (κ2) is 5.30. The lowest BCUT2D eigenvalue weighted by atomic mass is 10.1. The van der Waals surface area contributed by atoms with Crippen molar-refractivity contribution in [3.05, 3.63) is 0 Å². The van der Waals surface area contributed by atoms with Gasteiger partial charge in [-0.2, -0.15) is 17.4 Å². The van der Waals surface area contributed by atoms with Gasteiger partial charge in [0, 0.05) is 24.5 Å². The van der Waals surface area contributed by atoms with Crippen LogP contribution in [0.25, 0.3) is 0 Å². The largest absolute Gasteiger partial charge is 0.279 e. The van der Waals surface area contributed by atoms with Crippen LogP contribution >= 0.6 is 11.6 Å². The van der Waals surface area contributed by atoms with Crippen LogP contribution in [0.3, 0.4) is 0 Å². The number of alkyl halides is 1. The fraction of sp³-hybridized carbons (Fsp3) is 1.00. The Bertz CT molecular complexity index is 261. The molecule has 1 N–H and O–H groups in total. The van der Waals surface area contributed by atoms with E-state index in [1.54, 1.807) is 27.7 Å². The Morgan fingerprint density at radius 1 is 1.29 bits per heavy atom. The molecule has 86 valence electrons. The van der Waals surface area contributed by atoms with Gasteiger partial charge in [-0.05, 0) is 13.8 Å². The van der Waals surface area contributed by atoms with Crippen molar-refractivity contribution in [1.29, 1.82) is 0 Å². The molecule has 0 fully saturated rings. The Balaban J connectivity index is 4.64. The Hall–Kier alpha value is 0.160. The molecule has 0 amide bonds. The molecule has 0 aromatic heterocycles. The van der Waals surface area contributed by atoms with E-state index in [-0.39, 0.29) is 5.88 Å². The molecule has 0 bridgehead atoms. The first-order valence-electron chi connectivity index (χ1n) is 4.64. The maximum atomic E-state index is 11.7. The normalized spacial score (nSPS) is 13.6. The lowest BCUT2D eigenvalue weighted by molar-refractivity contribution is 0.409. The summed E-state index contributed by atoms with van der Waals surface area (Å²) in [5.74, 6) is 0.244. The minimum atomic E-state index is -3.39. The van der Waals surface area contributed by atoms with Gasteiger partial charge < -0.3 is 0 Å². The van der Waals surface area contributed by atoms with E-state index in [4.69, 9.17) is 11.6 Å². The highest BCUT2D eigenvalue weighted by molar-refractivity contribution is 7.87. The monoisotopic (exact) mass is 242 g/mol. The van der Waals surface area contributed by atoms with Crippen molar-refractivity contribution in [2.45, 2.75) is 33.2 Å². The van der Waals surface area contributed by atoms with Crippen molar-refractivity contribution in [3.63, 3.8) is 0 Å². The fourth-order valence-corrected chi connectivity index (χ4v) is 2.73. The summed E-state index contributed by atoms with van der Waals surface area (Å²) in [6.07, 6.45) is 0. The summed E-state index contributed by atoms with van der Waals surface area (Å²) in [5.41, 5.74) is -0.608. The highest BCUT2D eigenvalue weighted by atomic mass is 35.5. The molecule has 0 radical (unpaired) electrons. The molecule has 14 heavy (non-hydrogen) atoms. The SMILES string of the molecule is CCN(CC)S(=O)(=O)NC(C)(C)CCl. The van der Waals surface area contributed by atoms with Crippen molar-refractivity contribution in [2.24, 2.45) is 0 Å². The zero-order chi connectivity index (χ0) is 11.4. The molecule has 0 spiro atoms. The summed E-state index contributed by atoms with van der Waals surface area (Å²) in [6, 6.07) is 0. The molecule has 4 nitrogen and oxygen atoms in total. The lowest BCUT2D eigenvalue weighted by Crippen LogP contribution is -2.51. The highest BCUT2D eigenvalue weighted by Gasteiger charge is 2.27. The van der Waals surface area contributed by atoms with E-state index in [9.17, 15) is 8.42 Å². The molecule has 0 aromatic carbocycles. The number of hydrogen-bond acceptors (Lipinski definition) is 2. The number of nitrogens with one attached hydrogen (secondary N) is 1. The lowest BCUT2D eigenvalue weighted by Gasteiger charge is -2.27. The Kier molecular flexibility index (Phi) is 5.36. The highest BCUT2D eigenvalue weighted by Crippen LogP contribution is 2.09. The first kappa shape index (κ1) is 14.2. The van der Waals surface area contributed by atoms with Gasteiger partial charge in [-0.1, -0.05) is 13.8 Å². The average molecular weight is 243 g/mol. The molecule has 6 heteroatoms. The van der Waals surface area contributed by atoms with E-state index in [2.05, 4.69) is 4.72 Å². The van der Waals surface area contributed by atoms with Gasteiger partial charge in [0.15, 0.2) is 0 Å². The molecule has 0 rings (SSSR count). The molecule has 0 unspecified atom stereocenters. The smallest absolute Gasteiger partial charge is 0.195 e. The second-order valence-electron chi connectivity index (χ2n) is 3.71. The molecule has 0 aromatic rings. The van der Waals surface area contributed by atoms with Crippen LogP contribution in [0.5, 0.6) is 0 Å². The summed E-state index contributed by atoms with van der Waals surface area (Å²) in [7, 11) is -3.39. The molecule has 0 saturated heterocycles. The number of halogens is 1. The summed E-state index contributed by atoms with van der Waals surface area (Å²) in [4.78, 5) is 0. The van der Waals surface area contributed by atoms with Gasteiger partial charge in [0.2, 0.25) is 0 Å². The summed E-state index contributed by atoms with van der Waals surface area (Å²) in [6.45, 7) is 8.03. The van der Waals surface area contributed by atoms with Crippen molar-refractivity contribution in [1.82, 2.24) is 9.03 Å². The van der Waals surface area contributed by atoms with Gasteiger partial charge in [-0.15, -0.1) is 11.6 Å². The average Bonchev–Trinajstić information content (AvgIpc) is 2.04. The van der Waals surface area contributed by atoms with Gasteiger partial charge in [0.25, 0.3) is 10.2 Å². The molecular formula is C8H19ClN2O2S. The van der Waals surface area contributed by atoms with Gasteiger partial charge in [-0.3, -0.25) is 0 Å². The number of hydrogen-bond donors (Lipinski definition) is 1. The minimum absolute atomic E-state index is 0.244. The van der Waals surface area contributed by atoms with Crippen LogP contribution in [-0.2, 0) is 10.2 Å². The van der Waals surface area contributed by atoms with Gasteiger partial charge in [0.05, 0.1) is 0 Å². The Labute approximate surface area is 91.8 Å². The van der Waals surface area contributed by atoms with Gasteiger partial charge >= 0.3 is 0 Å². The van der Waals surface area contributed by atoms with Crippen LogP contribution in [0, 0.1) is 0 Å². The maximum absolute atomic E-state index is 11.7. The van der Waals surface area contributed by atoms with Crippen LogP contribution in [0.4, 0.5) is 0 Å². The molecular weight excluding hydrogens is 224 g/mol. The fourth-order valence-electron chi connectivity index (χ4n) is 1.00. The van der Waals surface area contributed by atoms with E-state index >= 15 is 0 Å². The van der Waals surface area contributed by atoms with Gasteiger partial charge in [-0.25, -0.2) is 0 Å². The summed E-state index contributed by atoms with van der Waals surface area (Å²) in [5, 5.41) is 0. The van der Waals surface area contributed by atoms with E-state index in [1.165, 1.54) is 4.31 Å². The molecule has 0 heterocycles. The second-order valence-corrected chi connectivity index (χ2v) is 5.65. The first-order chi connectivity index (χ1) is 6.29. The summed E-state index contributed by atoms with van der Waals surface area (Å²) < 4.78 is 27.4. The zero-order valence-corrected chi connectivity index (χ0v) is 10.7. The van der Waals surface area contributed by atoms with Crippen LogP contribution in [0.1, 0.15) is 27.7 Å². The Morgan fingerprint density at radius 3 is 2.00 bits per heavy atom. The minimum Gasteiger partial charge on any atom is -0.195 e. The molecule has 0 atom stereocenters. The molecule has 0 saturated carbocycles. The summed E-state index contributed by atoms with van der Waals surface area (Å²) >= 11 is 5.64. The van der Waals surface area contributed by atoms with E-state index in [1.807, 2.05) is 0 Å². The zero-order valence-electron chi connectivity index (χ0n) is 9.17. The van der Waals surface area contributed by atoms with Crippen LogP contribution < -0.4 is 4.72 Å². The van der Waals surface area contributed by atoms with Crippen LogP contribution in [-0.4, -0.2) is 37.2 Å². The van der Waals surface area contributed by atoms with Crippen molar-refractivity contribution < 1.29 is 8.42 Å². The third kappa shape index (κ3) is 4.13. The van der Waals surface area contributed by atoms with Gasteiger partial charge in [0.1, 0.15) is 0 Å². The topological polar surface area (TPSA) is 49.4 Å². The van der Waals surface area contributed by atoms with Crippen molar-refractivity contribution >= 4 is 21.8 Å². The van der Waals surface area contributed by atoms with Crippen molar-refractivity contribution in [2.75, 3.05) is 19.0 Å². The standard InChI is InChI=1S/C8H19ClN2O2S/c1-5-11(6-2)14(12,13)10-8(3,4)7-9/h10H,5-7H2,1-4H3. The quantitative estimate of drug-likeness (QED) is 0.712. The van der Waals surface area contributed by atoms with Crippen molar-refractivity contribution in [3.8, 4) is 0 Å². The van der Waals surface area contributed by atoms with Crippen LogP contribution in [0.2, 0.25) is 0 Å². The predicted molar refractivity (Wildman–Crippen MR) is 59.8 cm³/mol. The molecule has 0 aliphatic rings. The van der Waals surface area contributed by atoms with E-state index in [0.717, 1.165) is 0 Å². The van der Waals surface area contributed by atoms with E-state index in [0.29, 0.717) is 13.1 Å². The number of rotatable bonds is 6.